The van der Waals surface area contributed by atoms with Crippen molar-refractivity contribution in [2.24, 2.45) is 0 Å². The number of thioether (sulfide) groups is 1. The van der Waals surface area contributed by atoms with Gasteiger partial charge in [-0.2, -0.15) is 11.8 Å². The van der Waals surface area contributed by atoms with Crippen LogP contribution >= 0.6 is 11.8 Å². The Bertz CT molecular complexity index is 768. The summed E-state index contributed by atoms with van der Waals surface area (Å²) in [5.41, 5.74) is 1.94. The Labute approximate surface area is 160 Å². The summed E-state index contributed by atoms with van der Waals surface area (Å²) in [4.78, 5) is 27.4. The summed E-state index contributed by atoms with van der Waals surface area (Å²) in [6.45, 7) is 1.79. The zero-order valence-corrected chi connectivity index (χ0v) is 15.6. The standard InChI is InChI=1S/C19H21FN2O4S/c1-12-2-5-14(9-21-12)19(26)22-16(8-18(24)25)17(23)11-27-10-13-3-6-15(20)7-4-13/h2-7,9,16-17,23H,8,10-11H2,1H3,(H,22,26)(H,24,25)/t16-,17?/m0/s1. The van der Waals surface area contributed by atoms with Gasteiger partial charge in [-0.15, -0.1) is 0 Å². The number of nitrogens with zero attached hydrogens (tertiary/aromatic N) is 1. The number of aliphatic hydroxyl groups is 1. The lowest BCUT2D eigenvalue weighted by molar-refractivity contribution is -0.138. The van der Waals surface area contributed by atoms with Crippen LogP contribution in [0.5, 0.6) is 0 Å². The van der Waals surface area contributed by atoms with Gasteiger partial charge in [-0.3, -0.25) is 14.6 Å². The maximum absolute atomic E-state index is 12.9. The van der Waals surface area contributed by atoms with Crippen molar-refractivity contribution in [1.82, 2.24) is 10.3 Å². The van der Waals surface area contributed by atoms with Crippen molar-refractivity contribution in [3.8, 4) is 0 Å². The Balaban J connectivity index is 1.92. The highest BCUT2D eigenvalue weighted by atomic mass is 32.2. The Morgan fingerprint density at radius 1 is 1.22 bits per heavy atom. The van der Waals surface area contributed by atoms with Crippen molar-refractivity contribution < 1.29 is 24.2 Å². The zero-order chi connectivity index (χ0) is 19.8. The molecule has 6 nitrogen and oxygen atoms in total. The Morgan fingerprint density at radius 3 is 2.52 bits per heavy atom. The molecule has 3 N–H and O–H groups in total. The SMILES string of the molecule is Cc1ccc(C(=O)N[C@@H](CC(=O)O)C(O)CSCc2ccc(F)cc2)cn1. The van der Waals surface area contributed by atoms with Crippen molar-refractivity contribution in [2.75, 3.05) is 5.75 Å². The van der Waals surface area contributed by atoms with Crippen LogP contribution in [0, 0.1) is 12.7 Å². The number of rotatable bonds is 9. The smallest absolute Gasteiger partial charge is 0.305 e. The third-order valence-electron chi connectivity index (χ3n) is 3.82. The van der Waals surface area contributed by atoms with E-state index in [1.807, 2.05) is 0 Å². The molecule has 1 unspecified atom stereocenters. The number of aromatic nitrogens is 1. The Kier molecular flexibility index (Phi) is 7.75. The third-order valence-corrected chi connectivity index (χ3v) is 4.93. The molecule has 144 valence electrons. The van der Waals surface area contributed by atoms with E-state index >= 15 is 0 Å². The molecule has 2 atom stereocenters. The minimum atomic E-state index is -1.12. The number of halogens is 1. The molecule has 0 aliphatic carbocycles. The van der Waals surface area contributed by atoms with Crippen molar-refractivity contribution in [3.05, 3.63) is 65.2 Å². The summed E-state index contributed by atoms with van der Waals surface area (Å²) in [6, 6.07) is 8.34. The van der Waals surface area contributed by atoms with Crippen molar-refractivity contribution >= 4 is 23.6 Å². The number of carbonyl (C=O) groups is 2. The summed E-state index contributed by atoms with van der Waals surface area (Å²) in [5, 5.41) is 22.0. The van der Waals surface area contributed by atoms with E-state index in [1.54, 1.807) is 31.2 Å². The number of benzene rings is 1. The van der Waals surface area contributed by atoms with Crippen LogP contribution in [0.25, 0.3) is 0 Å². The number of hydrogen-bond acceptors (Lipinski definition) is 5. The molecule has 2 aromatic rings. The van der Waals surface area contributed by atoms with E-state index in [2.05, 4.69) is 10.3 Å². The van der Waals surface area contributed by atoms with Crippen LogP contribution in [0.1, 0.15) is 28.0 Å². The highest BCUT2D eigenvalue weighted by Crippen LogP contribution is 2.16. The number of pyridine rings is 1. The van der Waals surface area contributed by atoms with Crippen LogP contribution in [-0.2, 0) is 10.5 Å². The van der Waals surface area contributed by atoms with Crippen LogP contribution in [0.2, 0.25) is 0 Å². The minimum Gasteiger partial charge on any atom is -0.481 e. The largest absolute Gasteiger partial charge is 0.481 e. The number of nitrogens with one attached hydrogen (secondary N) is 1. The molecule has 0 radical (unpaired) electrons. The normalized spacial score (nSPS) is 13.0. The number of hydrogen-bond donors (Lipinski definition) is 3. The lowest BCUT2D eigenvalue weighted by atomic mass is 10.1. The number of aryl methyl sites for hydroxylation is 1. The fourth-order valence-electron chi connectivity index (χ4n) is 2.32. The second kappa shape index (κ2) is 10.0. The molecule has 0 bridgehead atoms. The molecule has 8 heteroatoms. The van der Waals surface area contributed by atoms with E-state index in [0.29, 0.717) is 11.3 Å². The first kappa shape index (κ1) is 20.9. The van der Waals surface area contributed by atoms with Gasteiger partial charge in [0.2, 0.25) is 0 Å². The molecule has 0 saturated heterocycles. The summed E-state index contributed by atoms with van der Waals surface area (Å²) in [5.74, 6) is -1.17. The number of carboxylic acid groups (broad SMARTS) is 1. The number of aliphatic carboxylic acids is 1. The van der Waals surface area contributed by atoms with Gasteiger partial charge in [-0.1, -0.05) is 12.1 Å². The van der Waals surface area contributed by atoms with Gasteiger partial charge in [0.1, 0.15) is 5.82 Å². The van der Waals surface area contributed by atoms with E-state index in [0.717, 1.165) is 11.3 Å². The van der Waals surface area contributed by atoms with E-state index in [-0.39, 0.29) is 11.6 Å². The van der Waals surface area contributed by atoms with E-state index in [1.165, 1.54) is 30.1 Å². The summed E-state index contributed by atoms with van der Waals surface area (Å²) >= 11 is 1.37. The minimum absolute atomic E-state index is 0.224. The van der Waals surface area contributed by atoms with Crippen LogP contribution in [-0.4, -0.2) is 45.0 Å². The number of aliphatic hydroxyl groups excluding tert-OH is 1. The van der Waals surface area contributed by atoms with Crippen LogP contribution in [0.3, 0.4) is 0 Å². The number of amides is 1. The van der Waals surface area contributed by atoms with Crippen molar-refractivity contribution in [2.45, 2.75) is 31.2 Å². The second-order valence-electron chi connectivity index (χ2n) is 6.08. The van der Waals surface area contributed by atoms with Gasteiger partial charge in [0.25, 0.3) is 5.91 Å². The maximum Gasteiger partial charge on any atom is 0.305 e. The first-order valence-electron chi connectivity index (χ1n) is 8.30. The van der Waals surface area contributed by atoms with Crippen LogP contribution < -0.4 is 5.32 Å². The van der Waals surface area contributed by atoms with Crippen molar-refractivity contribution in [1.29, 1.82) is 0 Å². The highest BCUT2D eigenvalue weighted by molar-refractivity contribution is 7.98. The monoisotopic (exact) mass is 392 g/mol. The average Bonchev–Trinajstić information content (AvgIpc) is 2.63. The van der Waals surface area contributed by atoms with Crippen molar-refractivity contribution in [3.63, 3.8) is 0 Å². The predicted molar refractivity (Wildman–Crippen MR) is 101 cm³/mol. The molecule has 2 rings (SSSR count). The molecule has 1 amide bonds. The molecule has 1 aromatic carbocycles. The van der Waals surface area contributed by atoms with Gasteiger partial charge >= 0.3 is 5.97 Å². The van der Waals surface area contributed by atoms with Gasteiger partial charge in [-0.25, -0.2) is 4.39 Å². The lowest BCUT2D eigenvalue weighted by Crippen LogP contribution is -2.45. The molecule has 0 aliphatic rings. The van der Waals surface area contributed by atoms with Gasteiger partial charge in [-0.05, 0) is 36.8 Å². The molecular weight excluding hydrogens is 371 g/mol. The topological polar surface area (TPSA) is 99.5 Å². The fraction of sp³-hybridized carbons (Fsp3) is 0.316. The fourth-order valence-corrected chi connectivity index (χ4v) is 3.34. The van der Waals surface area contributed by atoms with E-state index < -0.39 is 30.4 Å². The van der Waals surface area contributed by atoms with Gasteiger partial charge in [0.05, 0.1) is 24.1 Å². The molecule has 0 aliphatic heterocycles. The van der Waals surface area contributed by atoms with Gasteiger partial charge < -0.3 is 15.5 Å². The molecule has 0 spiro atoms. The maximum atomic E-state index is 12.9. The van der Waals surface area contributed by atoms with Crippen LogP contribution in [0.15, 0.2) is 42.6 Å². The molecule has 27 heavy (non-hydrogen) atoms. The number of carbonyl (C=O) groups excluding carboxylic acids is 1. The molecule has 0 saturated carbocycles. The second-order valence-corrected chi connectivity index (χ2v) is 7.11. The van der Waals surface area contributed by atoms with E-state index in [4.69, 9.17) is 5.11 Å². The first-order valence-corrected chi connectivity index (χ1v) is 9.46. The van der Waals surface area contributed by atoms with E-state index in [9.17, 15) is 19.1 Å². The first-order chi connectivity index (χ1) is 12.8. The third kappa shape index (κ3) is 6.99. The molecule has 1 heterocycles. The Hall–Kier alpha value is -2.45. The zero-order valence-electron chi connectivity index (χ0n) is 14.8. The quantitative estimate of drug-likeness (QED) is 0.606. The molecule has 0 fully saturated rings. The Morgan fingerprint density at radius 2 is 1.93 bits per heavy atom. The lowest BCUT2D eigenvalue weighted by Gasteiger charge is -2.22. The van der Waals surface area contributed by atoms with Gasteiger partial charge in [0, 0.05) is 23.4 Å². The molecular formula is C19H21FN2O4S. The highest BCUT2D eigenvalue weighted by Gasteiger charge is 2.24. The molecule has 1 aromatic heterocycles. The number of carboxylic acids is 1. The van der Waals surface area contributed by atoms with Crippen LogP contribution in [0.4, 0.5) is 4.39 Å². The predicted octanol–water partition coefficient (Wildman–Crippen LogP) is 2.40. The van der Waals surface area contributed by atoms with Gasteiger partial charge in [0.15, 0.2) is 0 Å². The summed E-state index contributed by atoms with van der Waals surface area (Å²) in [7, 11) is 0. The average molecular weight is 392 g/mol. The summed E-state index contributed by atoms with van der Waals surface area (Å²) in [6.07, 6.45) is -0.0459. The summed E-state index contributed by atoms with van der Waals surface area (Å²) < 4.78 is 12.9.